The molecule has 0 saturated carbocycles. The molecule has 0 fully saturated rings. The van der Waals surface area contributed by atoms with E-state index < -0.39 is 0 Å². The highest BCUT2D eigenvalue weighted by Gasteiger charge is 2.00. The van der Waals surface area contributed by atoms with Gasteiger partial charge in [-0.3, -0.25) is 0 Å². The van der Waals surface area contributed by atoms with Crippen LogP contribution in [-0.4, -0.2) is 9.97 Å². The van der Waals surface area contributed by atoms with Crippen LogP contribution in [0.1, 0.15) is 5.56 Å². The van der Waals surface area contributed by atoms with E-state index in [9.17, 15) is 0 Å². The van der Waals surface area contributed by atoms with Crippen molar-refractivity contribution in [3.05, 3.63) is 47.2 Å². The Kier molecular flexibility index (Phi) is 2.83. The summed E-state index contributed by atoms with van der Waals surface area (Å²) in [5.41, 5.74) is 1.84. The standard InChI is InChI=1S/C11H10ClN3/c1-8-6-13-11(14-7-8)15-10-5-3-2-4-9(10)12/h2-7H,1H3,(H,13,14,15). The number of para-hydroxylation sites is 1. The van der Waals surface area contributed by atoms with E-state index in [1.54, 1.807) is 12.4 Å². The molecule has 4 heteroatoms. The van der Waals surface area contributed by atoms with Crippen molar-refractivity contribution in [3.8, 4) is 0 Å². The Morgan fingerprint density at radius 1 is 1.13 bits per heavy atom. The number of anilines is 2. The number of aryl methyl sites for hydroxylation is 1. The third-order valence-electron chi connectivity index (χ3n) is 1.90. The van der Waals surface area contributed by atoms with Gasteiger partial charge >= 0.3 is 0 Å². The molecule has 1 aromatic carbocycles. The van der Waals surface area contributed by atoms with E-state index in [1.807, 2.05) is 31.2 Å². The fraction of sp³-hybridized carbons (Fsp3) is 0.0909. The number of benzene rings is 1. The molecule has 0 aliphatic carbocycles. The lowest BCUT2D eigenvalue weighted by Gasteiger charge is -2.05. The Morgan fingerprint density at radius 2 is 1.80 bits per heavy atom. The molecule has 0 amide bonds. The number of aromatic nitrogens is 2. The van der Waals surface area contributed by atoms with Gasteiger partial charge in [0.1, 0.15) is 0 Å². The third kappa shape index (κ3) is 2.44. The van der Waals surface area contributed by atoms with Crippen LogP contribution in [0.4, 0.5) is 11.6 Å². The molecular weight excluding hydrogens is 210 g/mol. The van der Waals surface area contributed by atoms with Crippen LogP contribution in [-0.2, 0) is 0 Å². The molecule has 1 aromatic heterocycles. The Bertz CT molecular complexity index is 454. The number of rotatable bonds is 2. The minimum absolute atomic E-state index is 0.550. The maximum Gasteiger partial charge on any atom is 0.227 e. The highest BCUT2D eigenvalue weighted by molar-refractivity contribution is 6.33. The van der Waals surface area contributed by atoms with Crippen LogP contribution in [0.5, 0.6) is 0 Å². The summed E-state index contributed by atoms with van der Waals surface area (Å²) >= 11 is 5.99. The van der Waals surface area contributed by atoms with Crippen molar-refractivity contribution in [1.29, 1.82) is 0 Å². The molecule has 15 heavy (non-hydrogen) atoms. The summed E-state index contributed by atoms with van der Waals surface area (Å²) in [4.78, 5) is 8.27. The first-order chi connectivity index (χ1) is 7.25. The molecular formula is C11H10ClN3. The molecule has 0 bridgehead atoms. The zero-order chi connectivity index (χ0) is 10.7. The van der Waals surface area contributed by atoms with Gasteiger partial charge in [0.25, 0.3) is 0 Å². The summed E-state index contributed by atoms with van der Waals surface area (Å²) in [6, 6.07) is 7.48. The zero-order valence-electron chi connectivity index (χ0n) is 8.24. The largest absolute Gasteiger partial charge is 0.323 e. The van der Waals surface area contributed by atoms with Crippen molar-refractivity contribution in [1.82, 2.24) is 9.97 Å². The Morgan fingerprint density at radius 3 is 2.47 bits per heavy atom. The Balaban J connectivity index is 2.22. The van der Waals surface area contributed by atoms with Crippen molar-refractivity contribution in [3.63, 3.8) is 0 Å². The molecule has 2 aromatic rings. The van der Waals surface area contributed by atoms with E-state index in [-0.39, 0.29) is 0 Å². The number of nitrogens with zero attached hydrogens (tertiary/aromatic N) is 2. The minimum Gasteiger partial charge on any atom is -0.323 e. The first kappa shape index (κ1) is 9.93. The van der Waals surface area contributed by atoms with Gasteiger partial charge in [0.05, 0.1) is 10.7 Å². The third-order valence-corrected chi connectivity index (χ3v) is 2.23. The molecule has 0 aliphatic heterocycles. The quantitative estimate of drug-likeness (QED) is 0.843. The average Bonchev–Trinajstić information content (AvgIpc) is 2.25. The smallest absolute Gasteiger partial charge is 0.227 e. The van der Waals surface area contributed by atoms with Crippen LogP contribution in [0.15, 0.2) is 36.7 Å². The second kappa shape index (κ2) is 4.28. The Hall–Kier alpha value is -1.61. The maximum atomic E-state index is 5.99. The number of nitrogens with one attached hydrogen (secondary N) is 1. The molecule has 0 atom stereocenters. The van der Waals surface area contributed by atoms with E-state index in [4.69, 9.17) is 11.6 Å². The number of hydrogen-bond acceptors (Lipinski definition) is 3. The number of halogens is 1. The minimum atomic E-state index is 0.550. The lowest BCUT2D eigenvalue weighted by molar-refractivity contribution is 1.13. The molecule has 0 aliphatic rings. The fourth-order valence-electron chi connectivity index (χ4n) is 1.14. The number of hydrogen-bond donors (Lipinski definition) is 1. The zero-order valence-corrected chi connectivity index (χ0v) is 8.99. The maximum absolute atomic E-state index is 5.99. The van der Waals surface area contributed by atoms with Gasteiger partial charge in [0, 0.05) is 12.4 Å². The van der Waals surface area contributed by atoms with Crippen LogP contribution in [0.3, 0.4) is 0 Å². The van der Waals surface area contributed by atoms with E-state index in [2.05, 4.69) is 15.3 Å². The van der Waals surface area contributed by atoms with Gasteiger partial charge < -0.3 is 5.32 Å². The highest BCUT2D eigenvalue weighted by Crippen LogP contribution is 2.22. The lowest BCUT2D eigenvalue weighted by Crippen LogP contribution is -1.96. The van der Waals surface area contributed by atoms with Gasteiger partial charge in [-0.25, -0.2) is 9.97 Å². The van der Waals surface area contributed by atoms with Crippen molar-refractivity contribution in [2.45, 2.75) is 6.92 Å². The summed E-state index contributed by atoms with van der Waals surface area (Å²) in [6.07, 6.45) is 3.51. The molecule has 0 radical (unpaired) electrons. The summed E-state index contributed by atoms with van der Waals surface area (Å²) in [5.74, 6) is 0.550. The molecule has 1 heterocycles. The van der Waals surface area contributed by atoms with Gasteiger partial charge in [-0.2, -0.15) is 0 Å². The summed E-state index contributed by atoms with van der Waals surface area (Å²) in [7, 11) is 0. The molecule has 0 saturated heterocycles. The molecule has 2 rings (SSSR count). The highest BCUT2D eigenvalue weighted by atomic mass is 35.5. The van der Waals surface area contributed by atoms with Crippen LogP contribution in [0.2, 0.25) is 5.02 Å². The molecule has 0 spiro atoms. The van der Waals surface area contributed by atoms with E-state index in [0.717, 1.165) is 11.3 Å². The second-order valence-corrected chi connectivity index (χ2v) is 3.60. The van der Waals surface area contributed by atoms with E-state index in [0.29, 0.717) is 11.0 Å². The predicted octanol–water partition coefficient (Wildman–Crippen LogP) is 3.18. The average molecular weight is 220 g/mol. The lowest BCUT2D eigenvalue weighted by atomic mass is 10.3. The molecule has 76 valence electrons. The summed E-state index contributed by atoms with van der Waals surface area (Å²) in [5, 5.41) is 3.70. The second-order valence-electron chi connectivity index (χ2n) is 3.19. The summed E-state index contributed by atoms with van der Waals surface area (Å²) < 4.78 is 0. The van der Waals surface area contributed by atoms with Crippen molar-refractivity contribution < 1.29 is 0 Å². The van der Waals surface area contributed by atoms with Crippen LogP contribution in [0.25, 0.3) is 0 Å². The van der Waals surface area contributed by atoms with Crippen molar-refractivity contribution >= 4 is 23.2 Å². The predicted molar refractivity (Wildman–Crippen MR) is 61.5 cm³/mol. The van der Waals surface area contributed by atoms with Crippen molar-refractivity contribution in [2.75, 3.05) is 5.32 Å². The van der Waals surface area contributed by atoms with Crippen molar-refractivity contribution in [2.24, 2.45) is 0 Å². The van der Waals surface area contributed by atoms with Gasteiger partial charge in [0.15, 0.2) is 0 Å². The fourth-order valence-corrected chi connectivity index (χ4v) is 1.32. The van der Waals surface area contributed by atoms with Gasteiger partial charge in [0.2, 0.25) is 5.95 Å². The molecule has 1 N–H and O–H groups in total. The molecule has 0 unspecified atom stereocenters. The Labute approximate surface area is 93.1 Å². The van der Waals surface area contributed by atoms with Gasteiger partial charge in [-0.15, -0.1) is 0 Å². The first-order valence-electron chi connectivity index (χ1n) is 4.56. The van der Waals surface area contributed by atoms with E-state index in [1.165, 1.54) is 0 Å². The topological polar surface area (TPSA) is 37.8 Å². The summed E-state index contributed by atoms with van der Waals surface area (Å²) in [6.45, 7) is 1.94. The van der Waals surface area contributed by atoms with E-state index >= 15 is 0 Å². The van der Waals surface area contributed by atoms with Crippen LogP contribution in [0, 0.1) is 6.92 Å². The first-order valence-corrected chi connectivity index (χ1v) is 4.94. The van der Waals surface area contributed by atoms with Gasteiger partial charge in [-0.05, 0) is 24.6 Å². The molecule has 3 nitrogen and oxygen atoms in total. The van der Waals surface area contributed by atoms with Gasteiger partial charge in [-0.1, -0.05) is 23.7 Å². The SMILES string of the molecule is Cc1cnc(Nc2ccccc2Cl)nc1. The monoisotopic (exact) mass is 219 g/mol. The van der Waals surface area contributed by atoms with Crippen LogP contribution >= 0.6 is 11.6 Å². The normalized spacial score (nSPS) is 10.0. The van der Waals surface area contributed by atoms with Crippen LogP contribution < -0.4 is 5.32 Å².